The zero-order valence-corrected chi connectivity index (χ0v) is 17.6. The molecule has 0 aromatic heterocycles. The second-order valence-electron chi connectivity index (χ2n) is 7.21. The van der Waals surface area contributed by atoms with Gasteiger partial charge >= 0.3 is 6.09 Å². The zero-order valence-electron chi connectivity index (χ0n) is 16.0. The third kappa shape index (κ3) is 8.61. The summed E-state index contributed by atoms with van der Waals surface area (Å²) < 4.78 is 5.86. The van der Waals surface area contributed by atoms with Gasteiger partial charge in [0.2, 0.25) is 0 Å². The molecule has 0 atom stereocenters. The number of hydrogen-bond acceptors (Lipinski definition) is 4. The summed E-state index contributed by atoms with van der Waals surface area (Å²) in [5.41, 5.74) is 0.524. The van der Waals surface area contributed by atoms with Crippen LogP contribution >= 0.6 is 15.9 Å². The molecule has 1 N–H and O–H groups in total. The molecule has 0 fully saturated rings. The van der Waals surface area contributed by atoms with E-state index in [1.54, 1.807) is 39.0 Å². The Kier molecular flexibility index (Phi) is 8.99. The topological polar surface area (TPSA) is 72.5 Å². The van der Waals surface area contributed by atoms with Crippen LogP contribution in [0.15, 0.2) is 22.7 Å². The number of amides is 1. The maximum Gasteiger partial charge on any atom is 0.407 e. The van der Waals surface area contributed by atoms with Crippen LogP contribution in [-0.2, 0) is 4.74 Å². The normalized spacial score (nSPS) is 11.1. The number of benzene rings is 1. The summed E-state index contributed by atoms with van der Waals surface area (Å²) in [6.45, 7) is 7.78. The Morgan fingerprint density at radius 2 is 1.54 bits per heavy atom. The second-order valence-corrected chi connectivity index (χ2v) is 8.13. The summed E-state index contributed by atoms with van der Waals surface area (Å²) in [6.07, 6.45) is 2.58. The first-order valence-electron chi connectivity index (χ1n) is 8.96. The van der Waals surface area contributed by atoms with Gasteiger partial charge < -0.3 is 10.1 Å². The van der Waals surface area contributed by atoms with Gasteiger partial charge in [-0.2, -0.15) is 0 Å². The van der Waals surface area contributed by atoms with Crippen LogP contribution in [0.2, 0.25) is 0 Å². The standard InChI is InChI=1S/C20H28BrNO4/c1-5-6-8-17(23)14-11-15(13-16(21)12-14)18(24)9-7-10-22-19(25)26-20(2,3)4/h11-13H,5-10H2,1-4H3,(H,22,25). The molecule has 0 heterocycles. The molecule has 1 aromatic rings. The van der Waals surface area contributed by atoms with E-state index in [0.29, 0.717) is 30.5 Å². The largest absolute Gasteiger partial charge is 0.444 e. The molecular formula is C20H28BrNO4. The summed E-state index contributed by atoms with van der Waals surface area (Å²) in [6, 6.07) is 5.13. The Hall–Kier alpha value is -1.69. The van der Waals surface area contributed by atoms with Crippen molar-refractivity contribution in [3.05, 3.63) is 33.8 Å². The van der Waals surface area contributed by atoms with Crippen molar-refractivity contribution in [2.75, 3.05) is 6.54 Å². The first-order chi connectivity index (χ1) is 12.1. The number of unbranched alkanes of at least 4 members (excludes halogenated alkanes) is 1. The first kappa shape index (κ1) is 22.4. The molecule has 0 aliphatic heterocycles. The third-order valence-electron chi connectivity index (χ3n) is 3.55. The van der Waals surface area contributed by atoms with E-state index < -0.39 is 11.7 Å². The molecule has 6 heteroatoms. The smallest absolute Gasteiger partial charge is 0.407 e. The van der Waals surface area contributed by atoms with Crippen LogP contribution in [0.4, 0.5) is 4.79 Å². The minimum Gasteiger partial charge on any atom is -0.444 e. The molecule has 0 saturated heterocycles. The van der Waals surface area contributed by atoms with Gasteiger partial charge in [0, 0.05) is 35.0 Å². The molecule has 1 amide bonds. The molecule has 0 radical (unpaired) electrons. The summed E-state index contributed by atoms with van der Waals surface area (Å²) in [7, 11) is 0. The zero-order chi connectivity index (χ0) is 19.7. The van der Waals surface area contributed by atoms with Crippen molar-refractivity contribution in [2.24, 2.45) is 0 Å². The Balaban J connectivity index is 2.55. The number of alkyl carbamates (subject to hydrolysis) is 1. The Labute approximate surface area is 164 Å². The number of rotatable bonds is 9. The molecule has 0 unspecified atom stereocenters. The third-order valence-corrected chi connectivity index (χ3v) is 4.01. The molecule has 0 aliphatic carbocycles. The number of ketones is 2. The van der Waals surface area contributed by atoms with Crippen molar-refractivity contribution in [3.63, 3.8) is 0 Å². The van der Waals surface area contributed by atoms with Gasteiger partial charge in [0.05, 0.1) is 0 Å². The monoisotopic (exact) mass is 425 g/mol. The fourth-order valence-corrected chi connectivity index (χ4v) is 2.78. The number of nitrogens with one attached hydrogen (secondary N) is 1. The van der Waals surface area contributed by atoms with Crippen LogP contribution in [-0.4, -0.2) is 29.8 Å². The highest BCUT2D eigenvalue weighted by molar-refractivity contribution is 9.10. The number of halogens is 1. The molecule has 1 aromatic carbocycles. The van der Waals surface area contributed by atoms with Crippen molar-refractivity contribution in [1.29, 1.82) is 0 Å². The van der Waals surface area contributed by atoms with E-state index in [0.717, 1.165) is 17.3 Å². The molecule has 0 spiro atoms. The van der Waals surface area contributed by atoms with Crippen LogP contribution in [0, 0.1) is 0 Å². The van der Waals surface area contributed by atoms with Crippen molar-refractivity contribution in [1.82, 2.24) is 5.32 Å². The minimum absolute atomic E-state index is 0.0498. The van der Waals surface area contributed by atoms with Gasteiger partial charge in [-0.05, 0) is 51.8 Å². The summed E-state index contributed by atoms with van der Waals surface area (Å²) in [5, 5.41) is 2.63. The number of carbonyl (C=O) groups is 3. The van der Waals surface area contributed by atoms with Gasteiger partial charge in [-0.25, -0.2) is 4.79 Å². The van der Waals surface area contributed by atoms with Gasteiger partial charge in [0.25, 0.3) is 0 Å². The van der Waals surface area contributed by atoms with Crippen molar-refractivity contribution in [2.45, 2.75) is 65.4 Å². The van der Waals surface area contributed by atoms with Crippen molar-refractivity contribution >= 4 is 33.6 Å². The maximum atomic E-state index is 12.4. The first-order valence-corrected chi connectivity index (χ1v) is 9.75. The van der Waals surface area contributed by atoms with Crippen molar-refractivity contribution < 1.29 is 19.1 Å². The van der Waals surface area contributed by atoms with E-state index in [-0.39, 0.29) is 18.0 Å². The predicted molar refractivity (Wildman–Crippen MR) is 106 cm³/mol. The predicted octanol–water partition coefficient (Wildman–Crippen LogP) is 5.31. The van der Waals surface area contributed by atoms with Gasteiger partial charge in [0.15, 0.2) is 11.6 Å². The number of ether oxygens (including phenoxy) is 1. The van der Waals surface area contributed by atoms with Gasteiger partial charge in [-0.3, -0.25) is 9.59 Å². The lowest BCUT2D eigenvalue weighted by atomic mass is 10.00. The van der Waals surface area contributed by atoms with Gasteiger partial charge in [-0.1, -0.05) is 29.3 Å². The van der Waals surface area contributed by atoms with Crippen LogP contribution in [0.3, 0.4) is 0 Å². The fourth-order valence-electron chi connectivity index (χ4n) is 2.29. The summed E-state index contributed by atoms with van der Waals surface area (Å²) >= 11 is 3.37. The van der Waals surface area contributed by atoms with Gasteiger partial charge in [-0.15, -0.1) is 0 Å². The Morgan fingerprint density at radius 3 is 2.04 bits per heavy atom. The summed E-state index contributed by atoms with van der Waals surface area (Å²) in [4.78, 5) is 36.1. The van der Waals surface area contributed by atoms with Gasteiger partial charge in [0.1, 0.15) is 5.60 Å². The summed E-state index contributed by atoms with van der Waals surface area (Å²) in [5.74, 6) is -0.00405. The van der Waals surface area contributed by atoms with E-state index in [1.165, 1.54) is 0 Å². The highest BCUT2D eigenvalue weighted by atomic mass is 79.9. The quantitative estimate of drug-likeness (QED) is 0.429. The number of Topliss-reactive ketones (excluding diaryl/α,β-unsaturated/α-hetero) is 2. The van der Waals surface area contributed by atoms with Crippen LogP contribution in [0.5, 0.6) is 0 Å². The van der Waals surface area contributed by atoms with Crippen molar-refractivity contribution in [3.8, 4) is 0 Å². The average molecular weight is 426 g/mol. The van der Waals surface area contributed by atoms with E-state index in [2.05, 4.69) is 21.2 Å². The highest BCUT2D eigenvalue weighted by Crippen LogP contribution is 2.19. The lowest BCUT2D eigenvalue weighted by Gasteiger charge is -2.19. The molecule has 0 aliphatic rings. The Morgan fingerprint density at radius 1 is 1.00 bits per heavy atom. The molecule has 5 nitrogen and oxygen atoms in total. The number of hydrogen-bond donors (Lipinski definition) is 1. The lowest BCUT2D eigenvalue weighted by molar-refractivity contribution is 0.0525. The lowest BCUT2D eigenvalue weighted by Crippen LogP contribution is -2.33. The fraction of sp³-hybridized carbons (Fsp3) is 0.550. The Bertz CT molecular complexity index is 650. The minimum atomic E-state index is -0.545. The molecule has 0 bridgehead atoms. The van der Waals surface area contributed by atoms with Crippen LogP contribution in [0.25, 0.3) is 0 Å². The molecule has 0 saturated carbocycles. The van der Waals surface area contributed by atoms with E-state index in [1.807, 2.05) is 6.92 Å². The molecule has 26 heavy (non-hydrogen) atoms. The molecule has 144 valence electrons. The van der Waals surface area contributed by atoms with Crippen LogP contribution in [0.1, 0.15) is 80.5 Å². The SMILES string of the molecule is CCCCC(=O)c1cc(Br)cc(C(=O)CCCNC(=O)OC(C)(C)C)c1. The van der Waals surface area contributed by atoms with E-state index in [9.17, 15) is 14.4 Å². The van der Waals surface area contributed by atoms with E-state index >= 15 is 0 Å². The number of carbonyl (C=O) groups excluding carboxylic acids is 3. The maximum absolute atomic E-state index is 12.4. The van der Waals surface area contributed by atoms with E-state index in [4.69, 9.17) is 4.74 Å². The van der Waals surface area contributed by atoms with Crippen LogP contribution < -0.4 is 5.32 Å². The molecular weight excluding hydrogens is 398 g/mol. The average Bonchev–Trinajstić information content (AvgIpc) is 2.54. The second kappa shape index (κ2) is 10.5. The highest BCUT2D eigenvalue weighted by Gasteiger charge is 2.16. The molecule has 1 rings (SSSR count).